The SMILES string of the molecule is CCOC(=O)COc1ccc(C=Nn2c(-c3cc(C(C)C)c(OCC)cc3C)nc3ccccc3c2=O)cc1[N+](=O)[O-]. The molecule has 0 fully saturated rings. The molecule has 0 aliphatic heterocycles. The number of hydrogen-bond donors (Lipinski definition) is 0. The maximum Gasteiger partial charge on any atom is 0.344 e. The fourth-order valence-corrected chi connectivity index (χ4v) is 4.42. The van der Waals surface area contributed by atoms with Gasteiger partial charge in [0.05, 0.1) is 35.3 Å². The average Bonchev–Trinajstić information content (AvgIpc) is 2.96. The number of ether oxygens (including phenoxy) is 3. The van der Waals surface area contributed by atoms with Gasteiger partial charge in [-0.3, -0.25) is 14.9 Å². The molecule has 1 aromatic heterocycles. The molecule has 42 heavy (non-hydrogen) atoms. The van der Waals surface area contributed by atoms with Crippen molar-refractivity contribution >= 4 is 28.8 Å². The summed E-state index contributed by atoms with van der Waals surface area (Å²) in [6.45, 7) is 9.82. The number of carbonyl (C=O) groups is 1. The van der Waals surface area contributed by atoms with Crippen molar-refractivity contribution in [1.82, 2.24) is 9.66 Å². The van der Waals surface area contributed by atoms with E-state index in [1.54, 1.807) is 31.2 Å². The van der Waals surface area contributed by atoms with Gasteiger partial charge >= 0.3 is 11.7 Å². The Bertz CT molecular complexity index is 1730. The third kappa shape index (κ3) is 6.46. The number of nitro groups is 1. The van der Waals surface area contributed by atoms with Crippen molar-refractivity contribution in [1.29, 1.82) is 0 Å². The molecule has 1 heterocycles. The Morgan fingerprint density at radius 2 is 1.83 bits per heavy atom. The van der Waals surface area contributed by atoms with Crippen molar-refractivity contribution in [3.63, 3.8) is 0 Å². The van der Waals surface area contributed by atoms with E-state index < -0.39 is 23.1 Å². The summed E-state index contributed by atoms with van der Waals surface area (Å²) in [5.41, 5.74) is 2.60. The van der Waals surface area contributed by atoms with E-state index in [0.717, 1.165) is 16.9 Å². The van der Waals surface area contributed by atoms with Crippen molar-refractivity contribution in [2.45, 2.75) is 40.5 Å². The lowest BCUT2D eigenvalue weighted by atomic mass is 9.96. The summed E-state index contributed by atoms with van der Waals surface area (Å²) in [7, 11) is 0. The third-order valence-electron chi connectivity index (χ3n) is 6.43. The first-order valence-electron chi connectivity index (χ1n) is 13.5. The van der Waals surface area contributed by atoms with Gasteiger partial charge in [0.2, 0.25) is 0 Å². The number of hydrogen-bond acceptors (Lipinski definition) is 9. The molecular weight excluding hydrogens is 540 g/mol. The molecule has 0 amide bonds. The Balaban J connectivity index is 1.83. The van der Waals surface area contributed by atoms with Crippen LogP contribution in [0.15, 0.2) is 64.5 Å². The smallest absolute Gasteiger partial charge is 0.344 e. The number of benzene rings is 3. The van der Waals surface area contributed by atoms with Gasteiger partial charge in [-0.25, -0.2) is 9.78 Å². The Morgan fingerprint density at radius 3 is 2.52 bits per heavy atom. The maximum atomic E-state index is 13.7. The number of esters is 1. The lowest BCUT2D eigenvalue weighted by Crippen LogP contribution is -2.21. The topological polar surface area (TPSA) is 135 Å². The van der Waals surface area contributed by atoms with E-state index in [2.05, 4.69) is 18.9 Å². The second kappa shape index (κ2) is 13.1. The molecule has 0 N–H and O–H groups in total. The first-order valence-corrected chi connectivity index (χ1v) is 13.5. The van der Waals surface area contributed by atoms with Crippen molar-refractivity contribution < 1.29 is 23.9 Å². The van der Waals surface area contributed by atoms with Gasteiger partial charge in [0.15, 0.2) is 18.2 Å². The number of nitrogens with zero attached hydrogens (tertiary/aromatic N) is 4. The Labute approximate surface area is 242 Å². The standard InChI is InChI=1S/C31H32N4O7/c1-6-40-28-14-20(5)24(16-23(28)19(3)4)30-33-25-11-9-8-10-22(25)31(37)34(30)32-17-21-12-13-27(26(15-21)35(38)39)42-18-29(36)41-7-2/h8-17,19H,6-7,18H2,1-5H3. The molecule has 4 rings (SSSR count). The second-order valence-corrected chi connectivity index (χ2v) is 9.68. The Kier molecular flexibility index (Phi) is 9.31. The predicted octanol–water partition coefficient (Wildman–Crippen LogP) is 5.63. The monoisotopic (exact) mass is 572 g/mol. The van der Waals surface area contributed by atoms with Gasteiger partial charge in [0, 0.05) is 17.2 Å². The van der Waals surface area contributed by atoms with E-state index >= 15 is 0 Å². The number of para-hydroxylation sites is 1. The molecule has 3 aromatic carbocycles. The minimum Gasteiger partial charge on any atom is -0.494 e. The van der Waals surface area contributed by atoms with Crippen molar-refractivity contribution in [2.75, 3.05) is 19.8 Å². The van der Waals surface area contributed by atoms with Gasteiger partial charge in [-0.15, -0.1) is 0 Å². The van der Waals surface area contributed by atoms with Crippen molar-refractivity contribution in [2.24, 2.45) is 5.10 Å². The number of fused-ring (bicyclic) bond motifs is 1. The fraction of sp³-hybridized carbons (Fsp3) is 0.290. The van der Waals surface area contributed by atoms with Crippen LogP contribution in [0.2, 0.25) is 0 Å². The summed E-state index contributed by atoms with van der Waals surface area (Å²) in [5, 5.41) is 16.6. The molecule has 0 saturated carbocycles. The molecule has 0 aliphatic rings. The number of carbonyl (C=O) groups excluding carboxylic acids is 1. The molecule has 11 nitrogen and oxygen atoms in total. The molecule has 11 heteroatoms. The van der Waals surface area contributed by atoms with E-state index in [4.69, 9.17) is 19.2 Å². The molecule has 0 atom stereocenters. The average molecular weight is 573 g/mol. The highest BCUT2D eigenvalue weighted by Crippen LogP contribution is 2.34. The molecule has 0 saturated heterocycles. The highest BCUT2D eigenvalue weighted by Gasteiger charge is 2.20. The summed E-state index contributed by atoms with van der Waals surface area (Å²) < 4.78 is 17.2. The minimum atomic E-state index is -0.640. The lowest BCUT2D eigenvalue weighted by molar-refractivity contribution is -0.385. The van der Waals surface area contributed by atoms with Crippen LogP contribution in [0.5, 0.6) is 11.5 Å². The van der Waals surface area contributed by atoms with Crippen LogP contribution < -0.4 is 15.0 Å². The quantitative estimate of drug-likeness (QED) is 0.0977. The van der Waals surface area contributed by atoms with E-state index in [1.807, 2.05) is 26.0 Å². The summed E-state index contributed by atoms with van der Waals surface area (Å²) in [4.78, 5) is 41.3. The number of nitro benzene ring substituents is 1. The number of aryl methyl sites for hydroxylation is 1. The Hall–Kier alpha value is -5.06. The van der Waals surface area contributed by atoms with Crippen LogP contribution in [0.1, 0.15) is 50.3 Å². The molecular formula is C31H32N4O7. The van der Waals surface area contributed by atoms with Crippen LogP contribution in [0, 0.1) is 17.0 Å². The van der Waals surface area contributed by atoms with Crippen LogP contribution in [0.25, 0.3) is 22.3 Å². The van der Waals surface area contributed by atoms with Gasteiger partial charge in [-0.1, -0.05) is 26.0 Å². The second-order valence-electron chi connectivity index (χ2n) is 9.68. The molecule has 0 aliphatic carbocycles. The number of aromatic nitrogens is 2. The van der Waals surface area contributed by atoms with Crippen LogP contribution in [-0.4, -0.2) is 46.6 Å². The first kappa shape index (κ1) is 29.9. The van der Waals surface area contributed by atoms with Crippen LogP contribution in [-0.2, 0) is 9.53 Å². The molecule has 0 radical (unpaired) electrons. The molecule has 0 spiro atoms. The third-order valence-corrected chi connectivity index (χ3v) is 6.43. The van der Waals surface area contributed by atoms with E-state index in [-0.39, 0.29) is 24.0 Å². The minimum absolute atomic E-state index is 0.0957. The van der Waals surface area contributed by atoms with E-state index in [0.29, 0.717) is 34.5 Å². The Morgan fingerprint density at radius 1 is 1.07 bits per heavy atom. The van der Waals surface area contributed by atoms with Gasteiger partial charge in [-0.05, 0) is 74.2 Å². The van der Waals surface area contributed by atoms with Gasteiger partial charge in [0.25, 0.3) is 5.56 Å². The summed E-state index contributed by atoms with van der Waals surface area (Å²) in [5.74, 6) is 0.492. The maximum absolute atomic E-state index is 13.7. The van der Waals surface area contributed by atoms with Crippen LogP contribution in [0.4, 0.5) is 5.69 Å². The molecule has 0 unspecified atom stereocenters. The van der Waals surface area contributed by atoms with Crippen molar-refractivity contribution in [3.8, 4) is 22.9 Å². The normalized spacial score (nSPS) is 11.3. The predicted molar refractivity (Wildman–Crippen MR) is 160 cm³/mol. The summed E-state index contributed by atoms with van der Waals surface area (Å²) in [6.07, 6.45) is 1.34. The van der Waals surface area contributed by atoms with Crippen LogP contribution >= 0.6 is 0 Å². The largest absolute Gasteiger partial charge is 0.494 e. The fourth-order valence-electron chi connectivity index (χ4n) is 4.42. The summed E-state index contributed by atoms with van der Waals surface area (Å²) >= 11 is 0. The van der Waals surface area contributed by atoms with Crippen molar-refractivity contribution in [3.05, 3.63) is 91.8 Å². The van der Waals surface area contributed by atoms with Gasteiger partial charge in [-0.2, -0.15) is 9.78 Å². The van der Waals surface area contributed by atoms with Gasteiger partial charge in [0.1, 0.15) is 5.75 Å². The van der Waals surface area contributed by atoms with Gasteiger partial charge < -0.3 is 14.2 Å². The zero-order valence-corrected chi connectivity index (χ0v) is 24.1. The zero-order chi connectivity index (χ0) is 30.4. The molecule has 218 valence electrons. The lowest BCUT2D eigenvalue weighted by Gasteiger charge is -2.18. The highest BCUT2D eigenvalue weighted by molar-refractivity contribution is 5.83. The highest BCUT2D eigenvalue weighted by atomic mass is 16.6. The zero-order valence-electron chi connectivity index (χ0n) is 24.1. The summed E-state index contributed by atoms with van der Waals surface area (Å²) in [6, 6.07) is 15.0. The molecule has 0 bridgehead atoms. The van der Waals surface area contributed by atoms with Crippen LogP contribution in [0.3, 0.4) is 0 Å². The molecule has 4 aromatic rings. The van der Waals surface area contributed by atoms with E-state index in [9.17, 15) is 19.7 Å². The van der Waals surface area contributed by atoms with E-state index in [1.165, 1.54) is 29.1 Å². The number of rotatable bonds is 11. The first-order chi connectivity index (χ1) is 20.1.